The number of carbonyl (C=O) groups excluding carboxylic acids is 1. The zero-order valence-electron chi connectivity index (χ0n) is 8.87. The third-order valence-corrected chi connectivity index (χ3v) is 2.38. The molecule has 0 radical (unpaired) electrons. The number of hydrogen-bond donors (Lipinski definition) is 1. The standard InChI is InChI=1S/C11H13ClFNO2/c1-2-16-11(15)6-10(14)8-4-3-7(13)5-9(8)12/h3-5,10H,2,6,14H2,1H3/t10-/m1/s1. The van der Waals surface area contributed by atoms with Gasteiger partial charge in [0.25, 0.3) is 0 Å². The lowest BCUT2D eigenvalue weighted by Crippen LogP contribution is -2.17. The molecule has 1 aromatic rings. The summed E-state index contributed by atoms with van der Waals surface area (Å²) in [6.07, 6.45) is 0.0270. The van der Waals surface area contributed by atoms with Crippen LogP contribution in [0.25, 0.3) is 0 Å². The van der Waals surface area contributed by atoms with E-state index in [1.807, 2.05) is 0 Å². The Kier molecular flexibility index (Phi) is 4.71. The highest BCUT2D eigenvalue weighted by Gasteiger charge is 2.15. The summed E-state index contributed by atoms with van der Waals surface area (Å²) in [6, 6.07) is 3.32. The topological polar surface area (TPSA) is 52.3 Å². The summed E-state index contributed by atoms with van der Waals surface area (Å²) in [5.74, 6) is -0.826. The first-order chi connectivity index (χ1) is 7.54. The van der Waals surface area contributed by atoms with E-state index < -0.39 is 17.8 Å². The third kappa shape index (κ3) is 3.47. The maximum atomic E-state index is 12.8. The van der Waals surface area contributed by atoms with Crippen LogP contribution in [0.4, 0.5) is 4.39 Å². The van der Waals surface area contributed by atoms with Gasteiger partial charge in [-0.3, -0.25) is 4.79 Å². The van der Waals surface area contributed by atoms with E-state index >= 15 is 0 Å². The quantitative estimate of drug-likeness (QED) is 0.829. The zero-order chi connectivity index (χ0) is 12.1. The molecule has 0 amide bonds. The molecule has 88 valence electrons. The first kappa shape index (κ1) is 12.9. The van der Waals surface area contributed by atoms with Crippen LogP contribution in [0.1, 0.15) is 24.9 Å². The highest BCUT2D eigenvalue weighted by Crippen LogP contribution is 2.24. The average Bonchev–Trinajstić information content (AvgIpc) is 2.17. The summed E-state index contributed by atoms with van der Waals surface area (Å²) in [6.45, 7) is 2.02. The van der Waals surface area contributed by atoms with E-state index in [0.717, 1.165) is 0 Å². The molecule has 0 saturated heterocycles. The van der Waals surface area contributed by atoms with E-state index in [9.17, 15) is 9.18 Å². The monoisotopic (exact) mass is 245 g/mol. The van der Waals surface area contributed by atoms with E-state index in [-0.39, 0.29) is 11.4 Å². The summed E-state index contributed by atoms with van der Waals surface area (Å²) in [5.41, 5.74) is 6.31. The molecule has 0 aliphatic heterocycles. The SMILES string of the molecule is CCOC(=O)C[C@@H](N)c1ccc(F)cc1Cl. The Morgan fingerprint density at radius 2 is 2.31 bits per heavy atom. The number of rotatable bonds is 4. The van der Waals surface area contributed by atoms with Crippen LogP contribution in [0.15, 0.2) is 18.2 Å². The molecular formula is C11H13ClFNO2. The maximum Gasteiger partial charge on any atom is 0.307 e. The highest BCUT2D eigenvalue weighted by molar-refractivity contribution is 6.31. The van der Waals surface area contributed by atoms with Crippen molar-refractivity contribution < 1.29 is 13.9 Å². The Morgan fingerprint density at radius 3 is 2.88 bits per heavy atom. The first-order valence-corrected chi connectivity index (χ1v) is 5.28. The van der Waals surface area contributed by atoms with Crippen LogP contribution in [0, 0.1) is 5.82 Å². The molecule has 0 saturated carbocycles. The normalized spacial score (nSPS) is 12.2. The van der Waals surface area contributed by atoms with Gasteiger partial charge in [0.05, 0.1) is 13.0 Å². The van der Waals surface area contributed by atoms with Crippen molar-refractivity contribution in [2.24, 2.45) is 5.73 Å². The fourth-order valence-electron chi connectivity index (χ4n) is 1.31. The fraction of sp³-hybridized carbons (Fsp3) is 0.364. The van der Waals surface area contributed by atoms with Crippen LogP contribution in [-0.4, -0.2) is 12.6 Å². The second kappa shape index (κ2) is 5.82. The second-order valence-electron chi connectivity index (χ2n) is 3.28. The third-order valence-electron chi connectivity index (χ3n) is 2.05. The number of halogens is 2. The van der Waals surface area contributed by atoms with Crippen molar-refractivity contribution in [3.05, 3.63) is 34.6 Å². The van der Waals surface area contributed by atoms with Crippen LogP contribution in [0.5, 0.6) is 0 Å². The Balaban J connectivity index is 2.72. The van der Waals surface area contributed by atoms with Gasteiger partial charge >= 0.3 is 5.97 Å². The number of esters is 1. The predicted octanol–water partition coefficient (Wildman–Crippen LogP) is 2.43. The minimum absolute atomic E-state index is 0.0270. The Hall–Kier alpha value is -1.13. The van der Waals surface area contributed by atoms with E-state index in [1.165, 1.54) is 18.2 Å². The van der Waals surface area contributed by atoms with Gasteiger partial charge in [-0.1, -0.05) is 17.7 Å². The molecule has 0 bridgehead atoms. The number of carbonyl (C=O) groups is 1. The highest BCUT2D eigenvalue weighted by atomic mass is 35.5. The summed E-state index contributed by atoms with van der Waals surface area (Å²) >= 11 is 5.81. The molecule has 0 aromatic heterocycles. The minimum Gasteiger partial charge on any atom is -0.466 e. The van der Waals surface area contributed by atoms with Gasteiger partial charge in [0.15, 0.2) is 0 Å². The summed E-state index contributed by atoms with van der Waals surface area (Å²) in [7, 11) is 0. The predicted molar refractivity (Wildman–Crippen MR) is 59.6 cm³/mol. The molecule has 1 aromatic carbocycles. The largest absolute Gasteiger partial charge is 0.466 e. The smallest absolute Gasteiger partial charge is 0.307 e. The van der Waals surface area contributed by atoms with Gasteiger partial charge in [0.2, 0.25) is 0 Å². The van der Waals surface area contributed by atoms with Crippen LogP contribution in [-0.2, 0) is 9.53 Å². The zero-order valence-corrected chi connectivity index (χ0v) is 9.63. The molecule has 0 heterocycles. The molecule has 5 heteroatoms. The fourth-order valence-corrected chi connectivity index (χ4v) is 1.62. The molecule has 1 atom stereocenters. The van der Waals surface area contributed by atoms with Crippen molar-refractivity contribution in [3.8, 4) is 0 Å². The molecule has 0 spiro atoms. The number of ether oxygens (including phenoxy) is 1. The van der Waals surface area contributed by atoms with Crippen molar-refractivity contribution >= 4 is 17.6 Å². The van der Waals surface area contributed by atoms with Crippen molar-refractivity contribution in [1.29, 1.82) is 0 Å². The Morgan fingerprint density at radius 1 is 1.62 bits per heavy atom. The van der Waals surface area contributed by atoms with Crippen molar-refractivity contribution in [2.45, 2.75) is 19.4 Å². The molecule has 3 nitrogen and oxygen atoms in total. The van der Waals surface area contributed by atoms with Crippen LogP contribution < -0.4 is 5.73 Å². The van der Waals surface area contributed by atoms with E-state index in [2.05, 4.69) is 0 Å². The molecule has 0 unspecified atom stereocenters. The number of nitrogens with two attached hydrogens (primary N) is 1. The number of benzene rings is 1. The molecule has 0 aliphatic carbocycles. The molecule has 1 rings (SSSR count). The lowest BCUT2D eigenvalue weighted by atomic mass is 10.0. The summed E-state index contributed by atoms with van der Waals surface area (Å²) in [5, 5.41) is 0.219. The maximum absolute atomic E-state index is 12.8. The van der Waals surface area contributed by atoms with Crippen molar-refractivity contribution in [1.82, 2.24) is 0 Å². The van der Waals surface area contributed by atoms with Crippen molar-refractivity contribution in [2.75, 3.05) is 6.61 Å². The van der Waals surface area contributed by atoms with Crippen molar-refractivity contribution in [3.63, 3.8) is 0 Å². The number of hydrogen-bond acceptors (Lipinski definition) is 3. The van der Waals surface area contributed by atoms with Gasteiger partial charge in [-0.15, -0.1) is 0 Å². The lowest BCUT2D eigenvalue weighted by molar-refractivity contribution is -0.143. The Labute approximate surface area is 98.3 Å². The second-order valence-corrected chi connectivity index (χ2v) is 3.69. The van der Waals surface area contributed by atoms with Gasteiger partial charge in [0, 0.05) is 11.1 Å². The molecule has 2 N–H and O–H groups in total. The average molecular weight is 246 g/mol. The van der Waals surface area contributed by atoms with E-state index in [0.29, 0.717) is 12.2 Å². The first-order valence-electron chi connectivity index (χ1n) is 4.90. The molecule has 0 fully saturated rings. The van der Waals surface area contributed by atoms with Gasteiger partial charge in [-0.05, 0) is 24.6 Å². The van der Waals surface area contributed by atoms with Gasteiger partial charge < -0.3 is 10.5 Å². The van der Waals surface area contributed by atoms with Gasteiger partial charge in [-0.2, -0.15) is 0 Å². The van der Waals surface area contributed by atoms with Crippen LogP contribution in [0.2, 0.25) is 5.02 Å². The minimum atomic E-state index is -0.577. The van der Waals surface area contributed by atoms with E-state index in [4.69, 9.17) is 22.1 Å². The summed E-state index contributed by atoms with van der Waals surface area (Å²) < 4.78 is 17.5. The summed E-state index contributed by atoms with van der Waals surface area (Å²) in [4.78, 5) is 11.2. The van der Waals surface area contributed by atoms with Gasteiger partial charge in [-0.25, -0.2) is 4.39 Å². The molecular weight excluding hydrogens is 233 g/mol. The van der Waals surface area contributed by atoms with Gasteiger partial charge in [0.1, 0.15) is 5.82 Å². The van der Waals surface area contributed by atoms with Crippen LogP contribution >= 0.6 is 11.6 Å². The molecule has 0 aliphatic rings. The van der Waals surface area contributed by atoms with E-state index in [1.54, 1.807) is 6.92 Å². The molecule has 16 heavy (non-hydrogen) atoms. The van der Waals surface area contributed by atoms with Crippen LogP contribution in [0.3, 0.4) is 0 Å². The lowest BCUT2D eigenvalue weighted by Gasteiger charge is -2.12. The Bertz CT molecular complexity index is 384.